The van der Waals surface area contributed by atoms with Gasteiger partial charge in [0, 0.05) is 26.5 Å². The Morgan fingerprint density at radius 2 is 1.50 bits per heavy atom. The number of hydrogen-bond acceptors (Lipinski definition) is 2. The van der Waals surface area contributed by atoms with E-state index in [1.807, 2.05) is 32.0 Å². The van der Waals surface area contributed by atoms with E-state index < -0.39 is 0 Å². The lowest BCUT2D eigenvalue weighted by Crippen LogP contribution is -1.94. The Morgan fingerprint density at radius 1 is 1.07 bits per heavy atom. The van der Waals surface area contributed by atoms with Crippen molar-refractivity contribution in [3.05, 3.63) is 30.3 Å². The van der Waals surface area contributed by atoms with Crippen molar-refractivity contribution in [3.8, 4) is 0 Å². The summed E-state index contributed by atoms with van der Waals surface area (Å²) in [6, 6.07) is 10.2. The summed E-state index contributed by atoms with van der Waals surface area (Å²) in [6.07, 6.45) is 0. The molecule has 0 saturated carbocycles. The van der Waals surface area contributed by atoms with Crippen LogP contribution in [-0.4, -0.2) is 20.8 Å². The molecule has 1 N–H and O–H groups in total. The van der Waals surface area contributed by atoms with Crippen LogP contribution < -0.4 is 5.32 Å². The lowest BCUT2D eigenvalue weighted by Gasteiger charge is -1.99. The van der Waals surface area contributed by atoms with Crippen molar-refractivity contribution in [2.24, 2.45) is 0 Å². The normalized spacial score (nSPS) is 7.50. The number of hydrogen-bond donors (Lipinski definition) is 1. The van der Waals surface area contributed by atoms with Gasteiger partial charge >= 0.3 is 0 Å². The minimum atomic E-state index is 0.990. The van der Waals surface area contributed by atoms with Crippen molar-refractivity contribution >= 4 is 5.69 Å². The van der Waals surface area contributed by atoms with Gasteiger partial charge in [0.05, 0.1) is 0 Å². The lowest BCUT2D eigenvalue weighted by molar-refractivity contribution is 0.277. The quantitative estimate of drug-likeness (QED) is 0.784. The van der Waals surface area contributed by atoms with Crippen LogP contribution in [0.1, 0.15) is 20.8 Å². The molecular weight excluding hydrogens is 174 g/mol. The first kappa shape index (κ1) is 15.5. The van der Waals surface area contributed by atoms with Gasteiger partial charge in [-0.05, 0) is 19.1 Å². The van der Waals surface area contributed by atoms with Gasteiger partial charge in [-0.2, -0.15) is 0 Å². The number of methoxy groups -OCH3 is 1. The fourth-order valence-electron chi connectivity index (χ4n) is 0.760. The minimum Gasteiger partial charge on any atom is -0.388 e. The first-order valence-corrected chi connectivity index (χ1v) is 5.04. The van der Waals surface area contributed by atoms with Crippen molar-refractivity contribution in [3.63, 3.8) is 0 Å². The fraction of sp³-hybridized carbons (Fsp3) is 0.500. The predicted octanol–water partition coefficient (Wildman–Crippen LogP) is 3.41. The van der Waals surface area contributed by atoms with Gasteiger partial charge in [0.1, 0.15) is 0 Å². The smallest absolute Gasteiger partial charge is 0.0351 e. The molecule has 0 unspecified atom stereocenters. The molecule has 0 amide bonds. The van der Waals surface area contributed by atoms with Crippen LogP contribution in [0.2, 0.25) is 0 Å². The van der Waals surface area contributed by atoms with Crippen LogP contribution in [0.4, 0.5) is 5.69 Å². The molecule has 0 aliphatic carbocycles. The molecule has 0 aliphatic rings. The Labute approximate surface area is 88.3 Å². The Hall–Kier alpha value is -1.02. The van der Waals surface area contributed by atoms with Gasteiger partial charge < -0.3 is 10.1 Å². The van der Waals surface area contributed by atoms with Crippen molar-refractivity contribution in [2.45, 2.75) is 20.8 Å². The Morgan fingerprint density at radius 3 is 1.86 bits per heavy atom. The third-order valence-corrected chi connectivity index (χ3v) is 1.15. The summed E-state index contributed by atoms with van der Waals surface area (Å²) in [7, 11) is 3.25. The van der Waals surface area contributed by atoms with E-state index in [2.05, 4.69) is 29.1 Å². The van der Waals surface area contributed by atoms with Gasteiger partial charge in [-0.25, -0.2) is 0 Å². The highest BCUT2D eigenvalue weighted by Crippen LogP contribution is 2.02. The average molecular weight is 197 g/mol. The SMILES string of the molecule is CC.CCNc1ccccc1.COC. The first-order valence-electron chi connectivity index (χ1n) is 5.04. The molecule has 0 fully saturated rings. The van der Waals surface area contributed by atoms with Crippen molar-refractivity contribution < 1.29 is 4.74 Å². The van der Waals surface area contributed by atoms with Crippen LogP contribution in [0.3, 0.4) is 0 Å². The zero-order valence-corrected chi connectivity index (χ0v) is 10.0. The molecule has 0 spiro atoms. The van der Waals surface area contributed by atoms with Gasteiger partial charge in [0.2, 0.25) is 0 Å². The van der Waals surface area contributed by atoms with E-state index in [-0.39, 0.29) is 0 Å². The van der Waals surface area contributed by atoms with Crippen LogP contribution in [0.15, 0.2) is 30.3 Å². The van der Waals surface area contributed by atoms with E-state index in [0.717, 1.165) is 6.54 Å². The molecule has 2 heteroatoms. The lowest BCUT2D eigenvalue weighted by atomic mass is 10.3. The zero-order valence-electron chi connectivity index (χ0n) is 10.0. The van der Waals surface area contributed by atoms with Crippen LogP contribution in [0.25, 0.3) is 0 Å². The van der Waals surface area contributed by atoms with Gasteiger partial charge in [0.15, 0.2) is 0 Å². The summed E-state index contributed by atoms with van der Waals surface area (Å²) in [5.41, 5.74) is 1.19. The van der Waals surface area contributed by atoms with E-state index in [1.54, 1.807) is 14.2 Å². The van der Waals surface area contributed by atoms with E-state index in [4.69, 9.17) is 0 Å². The van der Waals surface area contributed by atoms with E-state index in [0.29, 0.717) is 0 Å². The summed E-state index contributed by atoms with van der Waals surface area (Å²) in [5.74, 6) is 0. The monoisotopic (exact) mass is 197 g/mol. The molecular formula is C12H23NO. The molecule has 0 saturated heterocycles. The molecule has 0 atom stereocenters. The van der Waals surface area contributed by atoms with Crippen molar-refractivity contribution in [1.29, 1.82) is 0 Å². The number of rotatable bonds is 2. The third kappa shape index (κ3) is 11.0. The minimum absolute atomic E-state index is 0.990. The summed E-state index contributed by atoms with van der Waals surface area (Å²) < 4.78 is 4.25. The highest BCUT2D eigenvalue weighted by molar-refractivity contribution is 5.41. The van der Waals surface area contributed by atoms with E-state index >= 15 is 0 Å². The summed E-state index contributed by atoms with van der Waals surface area (Å²) >= 11 is 0. The second kappa shape index (κ2) is 14.5. The Bertz CT molecular complexity index is 175. The van der Waals surface area contributed by atoms with Gasteiger partial charge in [-0.15, -0.1) is 0 Å². The molecule has 1 rings (SSSR count). The molecule has 0 aliphatic heterocycles. The van der Waals surface area contributed by atoms with E-state index in [1.165, 1.54) is 5.69 Å². The Kier molecular flexibility index (Phi) is 16.0. The molecule has 2 nitrogen and oxygen atoms in total. The highest BCUT2D eigenvalue weighted by atomic mass is 16.4. The fourth-order valence-corrected chi connectivity index (χ4v) is 0.760. The van der Waals surface area contributed by atoms with Crippen molar-refractivity contribution in [1.82, 2.24) is 0 Å². The molecule has 82 valence electrons. The summed E-state index contributed by atoms with van der Waals surface area (Å²) in [6.45, 7) is 7.08. The van der Waals surface area contributed by atoms with Crippen LogP contribution in [-0.2, 0) is 4.74 Å². The maximum Gasteiger partial charge on any atom is 0.0351 e. The second-order valence-electron chi connectivity index (χ2n) is 2.30. The summed E-state index contributed by atoms with van der Waals surface area (Å²) in [4.78, 5) is 0. The highest BCUT2D eigenvalue weighted by Gasteiger charge is 1.81. The number of nitrogens with one attached hydrogen (secondary N) is 1. The molecule has 0 bridgehead atoms. The Balaban J connectivity index is 0. The van der Waals surface area contributed by atoms with Gasteiger partial charge in [-0.3, -0.25) is 0 Å². The molecule has 0 aromatic heterocycles. The standard InChI is InChI=1S/C8H11N.C2H6O.C2H6/c1-2-9-8-6-4-3-5-7-8;1-3-2;1-2/h3-7,9H,2H2,1H3;1-2H3;1-2H3. The van der Waals surface area contributed by atoms with Crippen LogP contribution >= 0.6 is 0 Å². The summed E-state index contributed by atoms with van der Waals surface area (Å²) in [5, 5.41) is 3.21. The van der Waals surface area contributed by atoms with Gasteiger partial charge in [-0.1, -0.05) is 32.0 Å². The topological polar surface area (TPSA) is 21.3 Å². The number of benzene rings is 1. The van der Waals surface area contributed by atoms with Crippen LogP contribution in [0.5, 0.6) is 0 Å². The van der Waals surface area contributed by atoms with Crippen LogP contribution in [0, 0.1) is 0 Å². The van der Waals surface area contributed by atoms with Crippen molar-refractivity contribution in [2.75, 3.05) is 26.1 Å². The average Bonchev–Trinajstić information content (AvgIpc) is 2.24. The molecule has 1 aromatic carbocycles. The van der Waals surface area contributed by atoms with Gasteiger partial charge in [0.25, 0.3) is 0 Å². The van der Waals surface area contributed by atoms with E-state index in [9.17, 15) is 0 Å². The molecule has 1 aromatic rings. The maximum absolute atomic E-state index is 4.25. The number of para-hydroxylation sites is 1. The molecule has 0 radical (unpaired) electrons. The number of anilines is 1. The number of ether oxygens (including phenoxy) is 1. The predicted molar refractivity (Wildman–Crippen MR) is 64.9 cm³/mol. The maximum atomic E-state index is 4.25. The molecule has 14 heavy (non-hydrogen) atoms. The first-order chi connectivity index (χ1) is 6.85. The molecule has 0 heterocycles. The third-order valence-electron chi connectivity index (χ3n) is 1.15. The zero-order chi connectivity index (χ0) is 11.2. The largest absolute Gasteiger partial charge is 0.388 e. The second-order valence-corrected chi connectivity index (χ2v) is 2.30.